The van der Waals surface area contributed by atoms with Crippen molar-refractivity contribution in [2.45, 2.75) is 12.5 Å². The van der Waals surface area contributed by atoms with Crippen molar-refractivity contribution in [1.82, 2.24) is 4.31 Å². The number of carbonyl (C=O) groups is 4. The number of hydrogen-bond acceptors (Lipinski definition) is 6. The minimum Gasteiger partial charge on any atom is -0.481 e. The van der Waals surface area contributed by atoms with E-state index in [0.29, 0.717) is 11.9 Å². The molecule has 10 heteroatoms. The normalized spacial score (nSPS) is 12.1. The highest BCUT2D eigenvalue weighted by molar-refractivity contribution is 7.97. The summed E-state index contributed by atoms with van der Waals surface area (Å²) >= 11 is 0.570. The summed E-state index contributed by atoms with van der Waals surface area (Å²) in [5.41, 5.74) is 4.85. The van der Waals surface area contributed by atoms with Crippen molar-refractivity contribution in [1.29, 1.82) is 0 Å². The van der Waals surface area contributed by atoms with Gasteiger partial charge in [-0.1, -0.05) is 11.9 Å². The fourth-order valence-electron chi connectivity index (χ4n) is 1.00. The molecule has 0 heterocycles. The third-order valence-electron chi connectivity index (χ3n) is 1.66. The predicted molar refractivity (Wildman–Crippen MR) is 59.7 cm³/mol. The molecule has 0 aliphatic carbocycles. The largest absolute Gasteiger partial charge is 0.481 e. The zero-order valence-electron chi connectivity index (χ0n) is 9.11. The van der Waals surface area contributed by atoms with E-state index in [-0.39, 0.29) is 5.75 Å². The van der Waals surface area contributed by atoms with Crippen molar-refractivity contribution in [3.8, 4) is 0 Å². The van der Waals surface area contributed by atoms with Crippen LogP contribution in [0.5, 0.6) is 0 Å². The molecule has 5 N–H and O–H groups in total. The van der Waals surface area contributed by atoms with Crippen LogP contribution in [-0.2, 0) is 19.2 Å². The molecule has 1 amide bonds. The summed E-state index contributed by atoms with van der Waals surface area (Å²) in [6, 6.07) is -1.55. The number of nitrogens with zero attached hydrogens (tertiary/aromatic N) is 1. The van der Waals surface area contributed by atoms with Gasteiger partial charge >= 0.3 is 17.9 Å². The zero-order chi connectivity index (χ0) is 14.3. The molecule has 0 rings (SSSR count). The number of rotatable bonds is 9. The number of aliphatic carboxylic acids is 3. The van der Waals surface area contributed by atoms with Gasteiger partial charge in [-0.3, -0.25) is 19.2 Å². The smallest absolute Gasteiger partial charge is 0.322 e. The Hall–Kier alpha value is -1.81. The van der Waals surface area contributed by atoms with Gasteiger partial charge in [-0.15, -0.1) is 0 Å². The lowest BCUT2D eigenvalue weighted by Crippen LogP contribution is -2.42. The van der Waals surface area contributed by atoms with E-state index in [2.05, 4.69) is 0 Å². The number of amides is 1. The highest BCUT2D eigenvalue weighted by atomic mass is 32.2. The van der Waals surface area contributed by atoms with E-state index in [9.17, 15) is 19.2 Å². The maximum Gasteiger partial charge on any atom is 0.322 e. The van der Waals surface area contributed by atoms with Crippen molar-refractivity contribution >= 4 is 35.8 Å². The van der Waals surface area contributed by atoms with Gasteiger partial charge in [0.2, 0.25) is 5.91 Å². The third-order valence-corrected chi connectivity index (χ3v) is 2.79. The zero-order valence-corrected chi connectivity index (χ0v) is 9.92. The molecule has 0 aromatic rings. The predicted octanol–water partition coefficient (Wildman–Crippen LogP) is -1.57. The van der Waals surface area contributed by atoms with Crippen LogP contribution >= 0.6 is 11.9 Å². The fraction of sp³-hybridized carbons (Fsp3) is 0.500. The molecule has 0 radical (unpaired) electrons. The second-order valence-corrected chi connectivity index (χ2v) is 4.18. The fourth-order valence-corrected chi connectivity index (χ4v) is 1.84. The summed E-state index contributed by atoms with van der Waals surface area (Å²) in [5.74, 6) is -5.33. The van der Waals surface area contributed by atoms with Crippen LogP contribution in [0.15, 0.2) is 0 Å². The van der Waals surface area contributed by atoms with Gasteiger partial charge in [-0.2, -0.15) is 0 Å². The van der Waals surface area contributed by atoms with Gasteiger partial charge in [0.25, 0.3) is 0 Å². The summed E-state index contributed by atoms with van der Waals surface area (Å²) in [7, 11) is 0. The number of primary amides is 1. The molecule has 0 aromatic carbocycles. The molecule has 0 saturated heterocycles. The summed E-state index contributed by atoms with van der Waals surface area (Å²) in [6.07, 6.45) is -0.783. The van der Waals surface area contributed by atoms with Crippen LogP contribution < -0.4 is 5.73 Å². The van der Waals surface area contributed by atoms with E-state index in [1.54, 1.807) is 0 Å². The Labute approximate surface area is 106 Å². The standard InChI is InChI=1S/C8H12N2O7S/c9-5(11)3-18-10(2-7(14)15)4(8(16)17)1-6(12)13/h4H,1-3H2,(H2,9,11)(H,12,13)(H,14,15)(H,16,17). The molecule has 1 unspecified atom stereocenters. The van der Waals surface area contributed by atoms with Crippen molar-refractivity contribution in [3.05, 3.63) is 0 Å². The number of carboxylic acids is 3. The summed E-state index contributed by atoms with van der Waals surface area (Å²) in [6.45, 7) is -0.720. The average molecular weight is 280 g/mol. The van der Waals surface area contributed by atoms with Gasteiger partial charge in [0.05, 0.1) is 12.2 Å². The monoisotopic (exact) mass is 280 g/mol. The molecule has 102 valence electrons. The quantitative estimate of drug-likeness (QED) is 0.366. The molecule has 0 aliphatic rings. The van der Waals surface area contributed by atoms with Gasteiger partial charge in [0.15, 0.2) is 0 Å². The van der Waals surface area contributed by atoms with Crippen molar-refractivity contribution in [2.24, 2.45) is 5.73 Å². The molecule has 0 bridgehead atoms. The second kappa shape index (κ2) is 7.50. The maximum atomic E-state index is 10.9. The van der Waals surface area contributed by atoms with Gasteiger partial charge in [0.1, 0.15) is 12.6 Å². The summed E-state index contributed by atoms with van der Waals surface area (Å²) < 4.78 is 0.795. The number of nitrogens with two attached hydrogens (primary N) is 1. The molecule has 0 aliphatic heterocycles. The van der Waals surface area contributed by atoms with Crippen LogP contribution in [0.25, 0.3) is 0 Å². The van der Waals surface area contributed by atoms with Crippen LogP contribution in [0.1, 0.15) is 6.42 Å². The molecule has 9 nitrogen and oxygen atoms in total. The van der Waals surface area contributed by atoms with Gasteiger partial charge in [-0.05, 0) is 0 Å². The molecule has 0 spiro atoms. The van der Waals surface area contributed by atoms with Crippen LogP contribution in [0, 0.1) is 0 Å². The molecular weight excluding hydrogens is 268 g/mol. The van der Waals surface area contributed by atoms with Gasteiger partial charge in [0, 0.05) is 0 Å². The van der Waals surface area contributed by atoms with E-state index in [0.717, 1.165) is 4.31 Å². The number of carbonyl (C=O) groups excluding carboxylic acids is 1. The van der Waals surface area contributed by atoms with E-state index in [1.807, 2.05) is 0 Å². The SMILES string of the molecule is NC(=O)CSN(CC(=O)O)C(CC(=O)O)C(=O)O. The average Bonchev–Trinajstić information content (AvgIpc) is 2.19. The Morgan fingerprint density at radius 2 is 1.67 bits per heavy atom. The Balaban J connectivity index is 4.84. The molecule has 0 aromatic heterocycles. The van der Waals surface area contributed by atoms with E-state index < -0.39 is 42.8 Å². The first-order valence-electron chi connectivity index (χ1n) is 4.58. The van der Waals surface area contributed by atoms with Crippen molar-refractivity contribution in [2.75, 3.05) is 12.3 Å². The van der Waals surface area contributed by atoms with Crippen LogP contribution in [0.4, 0.5) is 0 Å². The highest BCUT2D eigenvalue weighted by Crippen LogP contribution is 2.17. The minimum atomic E-state index is -1.55. The lowest BCUT2D eigenvalue weighted by Gasteiger charge is -2.24. The Kier molecular flexibility index (Phi) is 6.75. The third kappa shape index (κ3) is 6.70. The Morgan fingerprint density at radius 1 is 1.11 bits per heavy atom. The Morgan fingerprint density at radius 3 is 2.00 bits per heavy atom. The number of hydrogen-bond donors (Lipinski definition) is 4. The van der Waals surface area contributed by atoms with Crippen molar-refractivity contribution < 1.29 is 34.5 Å². The molecule has 1 atom stereocenters. The number of carboxylic acid groups (broad SMARTS) is 3. The Bertz CT molecular complexity index is 359. The van der Waals surface area contributed by atoms with E-state index in [4.69, 9.17) is 21.1 Å². The summed E-state index contributed by atoms with van der Waals surface area (Å²) in [4.78, 5) is 42.5. The minimum absolute atomic E-state index is 0.337. The molecule has 0 fully saturated rings. The lowest BCUT2D eigenvalue weighted by atomic mass is 10.2. The molecular formula is C8H12N2O7S. The van der Waals surface area contributed by atoms with Gasteiger partial charge in [-0.25, -0.2) is 4.31 Å². The lowest BCUT2D eigenvalue weighted by molar-refractivity contribution is -0.149. The first kappa shape index (κ1) is 16.2. The van der Waals surface area contributed by atoms with Crippen molar-refractivity contribution in [3.63, 3.8) is 0 Å². The highest BCUT2D eigenvalue weighted by Gasteiger charge is 2.30. The van der Waals surface area contributed by atoms with Gasteiger partial charge < -0.3 is 21.1 Å². The molecule has 0 saturated carbocycles. The maximum absolute atomic E-state index is 10.9. The summed E-state index contributed by atoms with van der Waals surface area (Å²) in [5, 5.41) is 26.0. The van der Waals surface area contributed by atoms with E-state index in [1.165, 1.54) is 0 Å². The second-order valence-electron chi connectivity index (χ2n) is 3.16. The first-order chi connectivity index (χ1) is 8.23. The first-order valence-corrected chi connectivity index (χ1v) is 5.52. The molecule has 18 heavy (non-hydrogen) atoms. The van der Waals surface area contributed by atoms with Crippen LogP contribution in [0.2, 0.25) is 0 Å². The topological polar surface area (TPSA) is 158 Å². The van der Waals surface area contributed by atoms with Crippen LogP contribution in [0.3, 0.4) is 0 Å². The van der Waals surface area contributed by atoms with E-state index >= 15 is 0 Å². The van der Waals surface area contributed by atoms with Crippen LogP contribution in [-0.4, -0.2) is 61.8 Å².